The number of nitrogens with zero attached hydrogens (tertiary/aromatic N) is 2. The highest BCUT2D eigenvalue weighted by molar-refractivity contribution is 6.33. The summed E-state index contributed by atoms with van der Waals surface area (Å²) >= 11 is 5.97. The average molecular weight is 375 g/mol. The molecule has 1 amide bonds. The van der Waals surface area contributed by atoms with Gasteiger partial charge in [0.05, 0.1) is 23.4 Å². The molecule has 7 nitrogen and oxygen atoms in total. The van der Waals surface area contributed by atoms with Crippen LogP contribution in [0.15, 0.2) is 24.4 Å². The van der Waals surface area contributed by atoms with E-state index in [9.17, 15) is 4.79 Å². The van der Waals surface area contributed by atoms with Crippen molar-refractivity contribution in [2.24, 2.45) is 0 Å². The van der Waals surface area contributed by atoms with Crippen molar-refractivity contribution in [2.75, 3.05) is 31.9 Å². The van der Waals surface area contributed by atoms with E-state index < -0.39 is 0 Å². The van der Waals surface area contributed by atoms with Crippen molar-refractivity contribution in [1.82, 2.24) is 9.78 Å². The SMILES string of the molecule is COCCCn1ccc(NC(=O)c2cc(Cl)c(N)cc2OC)n1.Cl. The topological polar surface area (TPSA) is 91.4 Å². The average Bonchev–Trinajstić information content (AvgIpc) is 2.97. The van der Waals surface area contributed by atoms with Gasteiger partial charge in [-0.1, -0.05) is 11.6 Å². The van der Waals surface area contributed by atoms with Crippen LogP contribution in [0, 0.1) is 0 Å². The molecule has 0 aliphatic carbocycles. The second-order valence-corrected chi connectivity index (χ2v) is 5.25. The zero-order valence-electron chi connectivity index (χ0n) is 13.4. The number of halogens is 2. The Hall–Kier alpha value is -1.96. The molecule has 1 heterocycles. The first-order valence-electron chi connectivity index (χ1n) is 7.02. The van der Waals surface area contributed by atoms with Crippen LogP contribution in [0.3, 0.4) is 0 Å². The maximum Gasteiger partial charge on any atom is 0.260 e. The molecule has 132 valence electrons. The third-order valence-corrected chi connectivity index (χ3v) is 3.51. The summed E-state index contributed by atoms with van der Waals surface area (Å²) in [6.07, 6.45) is 2.63. The smallest absolute Gasteiger partial charge is 0.260 e. The van der Waals surface area contributed by atoms with Crippen LogP contribution in [0.4, 0.5) is 11.5 Å². The van der Waals surface area contributed by atoms with Gasteiger partial charge in [-0.15, -0.1) is 12.4 Å². The fraction of sp³-hybridized carbons (Fsp3) is 0.333. The van der Waals surface area contributed by atoms with E-state index in [2.05, 4.69) is 10.4 Å². The second kappa shape index (κ2) is 9.36. The summed E-state index contributed by atoms with van der Waals surface area (Å²) in [6.45, 7) is 1.36. The summed E-state index contributed by atoms with van der Waals surface area (Å²) in [5, 5.41) is 7.28. The molecule has 0 saturated heterocycles. The predicted octanol–water partition coefficient (Wildman–Crippen LogP) is 2.84. The molecule has 0 saturated carbocycles. The van der Waals surface area contributed by atoms with Crippen LogP contribution in [0.5, 0.6) is 5.75 Å². The fourth-order valence-electron chi connectivity index (χ4n) is 2.02. The van der Waals surface area contributed by atoms with Gasteiger partial charge in [-0.25, -0.2) is 0 Å². The van der Waals surface area contributed by atoms with Crippen LogP contribution in [-0.2, 0) is 11.3 Å². The maximum absolute atomic E-state index is 12.4. The van der Waals surface area contributed by atoms with E-state index in [1.807, 2.05) is 0 Å². The number of nitrogens with two attached hydrogens (primary N) is 1. The Kier molecular flexibility index (Phi) is 7.84. The summed E-state index contributed by atoms with van der Waals surface area (Å²) in [5.41, 5.74) is 6.35. The van der Waals surface area contributed by atoms with E-state index in [4.69, 9.17) is 26.8 Å². The van der Waals surface area contributed by atoms with Gasteiger partial charge >= 0.3 is 0 Å². The number of benzene rings is 1. The van der Waals surface area contributed by atoms with Crippen LogP contribution in [0.25, 0.3) is 0 Å². The molecule has 1 aromatic heterocycles. The van der Waals surface area contributed by atoms with Crippen LogP contribution in [0.1, 0.15) is 16.8 Å². The van der Waals surface area contributed by atoms with Crippen molar-refractivity contribution in [2.45, 2.75) is 13.0 Å². The lowest BCUT2D eigenvalue weighted by molar-refractivity contribution is 0.102. The molecule has 0 atom stereocenters. The lowest BCUT2D eigenvalue weighted by atomic mass is 10.1. The van der Waals surface area contributed by atoms with Gasteiger partial charge in [0.25, 0.3) is 5.91 Å². The number of hydrogen-bond donors (Lipinski definition) is 2. The fourth-order valence-corrected chi connectivity index (χ4v) is 2.19. The van der Waals surface area contributed by atoms with E-state index in [-0.39, 0.29) is 18.3 Å². The third kappa shape index (κ3) is 5.02. The summed E-state index contributed by atoms with van der Waals surface area (Å²) in [5.74, 6) is 0.428. The Morgan fingerprint density at radius 2 is 2.17 bits per heavy atom. The van der Waals surface area contributed by atoms with Crippen molar-refractivity contribution >= 4 is 41.4 Å². The zero-order chi connectivity index (χ0) is 16.8. The maximum atomic E-state index is 12.4. The zero-order valence-corrected chi connectivity index (χ0v) is 15.0. The quantitative estimate of drug-likeness (QED) is 0.574. The molecule has 3 N–H and O–H groups in total. The third-order valence-electron chi connectivity index (χ3n) is 3.18. The van der Waals surface area contributed by atoms with Crippen LogP contribution >= 0.6 is 24.0 Å². The van der Waals surface area contributed by atoms with Gasteiger partial charge in [-0.2, -0.15) is 5.10 Å². The number of carbonyl (C=O) groups excluding carboxylic acids is 1. The molecule has 0 spiro atoms. The first-order chi connectivity index (χ1) is 11.0. The minimum Gasteiger partial charge on any atom is -0.496 e. The Morgan fingerprint density at radius 1 is 1.42 bits per heavy atom. The van der Waals surface area contributed by atoms with Crippen molar-refractivity contribution in [3.05, 3.63) is 35.0 Å². The van der Waals surface area contributed by atoms with E-state index >= 15 is 0 Å². The number of aromatic nitrogens is 2. The number of hydrogen-bond acceptors (Lipinski definition) is 5. The molecule has 0 aliphatic heterocycles. The normalized spacial score (nSPS) is 10.1. The van der Waals surface area contributed by atoms with Gasteiger partial charge < -0.3 is 20.5 Å². The molecule has 0 aliphatic rings. The summed E-state index contributed by atoms with van der Waals surface area (Å²) in [6, 6.07) is 4.71. The number of amides is 1. The van der Waals surface area contributed by atoms with Crippen molar-refractivity contribution in [1.29, 1.82) is 0 Å². The Balaban J connectivity index is 0.00000288. The molecule has 0 radical (unpaired) electrons. The van der Waals surface area contributed by atoms with Crippen LogP contribution < -0.4 is 15.8 Å². The second-order valence-electron chi connectivity index (χ2n) is 4.84. The van der Waals surface area contributed by atoms with Gasteiger partial charge in [0.1, 0.15) is 5.75 Å². The highest BCUT2D eigenvalue weighted by atomic mass is 35.5. The highest BCUT2D eigenvalue weighted by Crippen LogP contribution is 2.29. The Morgan fingerprint density at radius 3 is 2.83 bits per heavy atom. The summed E-state index contributed by atoms with van der Waals surface area (Å²) in [7, 11) is 3.11. The van der Waals surface area contributed by atoms with E-state index in [1.54, 1.807) is 24.1 Å². The number of aryl methyl sites for hydroxylation is 1. The number of ether oxygens (including phenoxy) is 2. The molecular weight excluding hydrogens is 355 g/mol. The number of rotatable bonds is 7. The lowest BCUT2D eigenvalue weighted by Crippen LogP contribution is -2.14. The highest BCUT2D eigenvalue weighted by Gasteiger charge is 2.16. The number of carbonyl (C=O) groups is 1. The van der Waals surface area contributed by atoms with E-state index in [0.29, 0.717) is 41.0 Å². The minimum absolute atomic E-state index is 0. The van der Waals surface area contributed by atoms with Gasteiger partial charge in [0.15, 0.2) is 5.82 Å². The summed E-state index contributed by atoms with van der Waals surface area (Å²) in [4.78, 5) is 12.4. The molecule has 1 aromatic carbocycles. The molecule has 9 heteroatoms. The van der Waals surface area contributed by atoms with Crippen LogP contribution in [-0.4, -0.2) is 36.5 Å². The largest absolute Gasteiger partial charge is 0.496 e. The molecule has 2 rings (SSSR count). The molecule has 24 heavy (non-hydrogen) atoms. The van der Waals surface area contributed by atoms with Crippen molar-refractivity contribution in [3.63, 3.8) is 0 Å². The minimum atomic E-state index is -0.370. The van der Waals surface area contributed by atoms with Crippen molar-refractivity contribution < 1.29 is 14.3 Å². The molecule has 2 aromatic rings. The Bertz CT molecular complexity index is 691. The molecular formula is C15H20Cl2N4O3. The van der Waals surface area contributed by atoms with Gasteiger partial charge in [-0.3, -0.25) is 9.48 Å². The first kappa shape index (κ1) is 20.1. The monoisotopic (exact) mass is 374 g/mol. The summed E-state index contributed by atoms with van der Waals surface area (Å²) < 4.78 is 11.9. The number of nitrogens with one attached hydrogen (secondary N) is 1. The molecule has 0 bridgehead atoms. The van der Waals surface area contributed by atoms with Crippen LogP contribution in [0.2, 0.25) is 5.02 Å². The first-order valence-corrected chi connectivity index (χ1v) is 7.39. The lowest BCUT2D eigenvalue weighted by Gasteiger charge is -2.10. The van der Waals surface area contributed by atoms with Gasteiger partial charge in [0, 0.05) is 38.6 Å². The molecule has 0 unspecified atom stereocenters. The number of anilines is 2. The van der Waals surface area contributed by atoms with Crippen molar-refractivity contribution in [3.8, 4) is 5.75 Å². The van der Waals surface area contributed by atoms with E-state index in [1.165, 1.54) is 19.2 Å². The Labute approximate surface area is 151 Å². The standard InChI is InChI=1S/C15H19ClN4O3.ClH/c1-22-7-3-5-20-6-4-14(19-20)18-15(21)10-8-11(16)12(17)9-13(10)23-2;/h4,6,8-9H,3,5,7,17H2,1-2H3,(H,18,19,21);1H. The number of nitrogen functional groups attached to an aromatic ring is 1. The predicted molar refractivity (Wildman–Crippen MR) is 96.3 cm³/mol. The van der Waals surface area contributed by atoms with E-state index in [0.717, 1.165) is 6.42 Å². The van der Waals surface area contributed by atoms with Gasteiger partial charge in [0.2, 0.25) is 0 Å². The number of methoxy groups -OCH3 is 2. The van der Waals surface area contributed by atoms with Gasteiger partial charge in [-0.05, 0) is 12.5 Å². The molecule has 0 fully saturated rings.